The molecule has 0 saturated carbocycles. The Morgan fingerprint density at radius 2 is 2.10 bits per heavy atom. The zero-order valence-electron chi connectivity index (χ0n) is 10.9. The van der Waals surface area contributed by atoms with Gasteiger partial charge in [-0.25, -0.2) is 0 Å². The Hall–Kier alpha value is -2.34. The minimum absolute atomic E-state index is 0.262. The monoisotopic (exact) mass is 287 g/mol. The minimum atomic E-state index is 0.262. The second kappa shape index (κ2) is 5.34. The van der Waals surface area contributed by atoms with Crippen molar-refractivity contribution in [2.75, 3.05) is 5.73 Å². The summed E-state index contributed by atoms with van der Waals surface area (Å²) in [6.07, 6.45) is 0. The first kappa shape index (κ1) is 12.7. The van der Waals surface area contributed by atoms with Gasteiger partial charge in [0.05, 0.1) is 5.69 Å². The summed E-state index contributed by atoms with van der Waals surface area (Å²) >= 11 is 1.49. The Kier molecular flexibility index (Phi) is 3.39. The number of benzene rings is 1. The molecule has 3 rings (SSSR count). The maximum absolute atomic E-state index is 5.96. The Bertz CT molecular complexity index is 706. The number of hydrogen-bond donors (Lipinski definition) is 1. The molecular formula is C14H13N3O2S. The molecule has 0 fully saturated rings. The van der Waals surface area contributed by atoms with Crippen LogP contribution in [0.2, 0.25) is 0 Å². The number of para-hydroxylation sites is 1. The first-order valence-corrected chi connectivity index (χ1v) is 6.96. The number of nitrogens with two attached hydrogens (primary N) is 1. The van der Waals surface area contributed by atoms with Gasteiger partial charge in [0.2, 0.25) is 5.82 Å². The zero-order valence-corrected chi connectivity index (χ0v) is 11.7. The number of hydrogen-bond acceptors (Lipinski definition) is 6. The molecule has 6 heteroatoms. The van der Waals surface area contributed by atoms with Gasteiger partial charge in [0.25, 0.3) is 5.89 Å². The van der Waals surface area contributed by atoms with Crippen LogP contribution in [0.5, 0.6) is 5.75 Å². The lowest BCUT2D eigenvalue weighted by atomic mass is 10.3. The molecule has 0 atom stereocenters. The summed E-state index contributed by atoms with van der Waals surface area (Å²) in [6, 6.07) is 9.50. The molecule has 0 aliphatic heterocycles. The molecule has 3 aromatic rings. The van der Waals surface area contributed by atoms with E-state index < -0.39 is 0 Å². The van der Waals surface area contributed by atoms with Crippen molar-refractivity contribution in [3.8, 4) is 16.5 Å². The van der Waals surface area contributed by atoms with Crippen molar-refractivity contribution in [3.63, 3.8) is 0 Å². The van der Waals surface area contributed by atoms with Gasteiger partial charge in [-0.15, -0.1) is 11.3 Å². The molecule has 2 N–H and O–H groups in total. The molecule has 0 aliphatic carbocycles. The molecule has 5 nitrogen and oxygen atoms in total. The SMILES string of the molecule is Cc1csc(-c2nc(COc3ccccc3)no2)c1N. The third-order valence-corrected chi connectivity index (χ3v) is 3.90. The van der Waals surface area contributed by atoms with E-state index in [9.17, 15) is 0 Å². The fourth-order valence-corrected chi connectivity index (χ4v) is 2.58. The summed E-state index contributed by atoms with van der Waals surface area (Å²) in [4.78, 5) is 5.10. The van der Waals surface area contributed by atoms with E-state index >= 15 is 0 Å². The van der Waals surface area contributed by atoms with Crippen LogP contribution in [-0.2, 0) is 6.61 Å². The van der Waals surface area contributed by atoms with Crippen LogP contribution >= 0.6 is 11.3 Å². The molecule has 2 aromatic heterocycles. The van der Waals surface area contributed by atoms with E-state index in [4.69, 9.17) is 15.0 Å². The van der Waals surface area contributed by atoms with Crippen molar-refractivity contribution < 1.29 is 9.26 Å². The van der Waals surface area contributed by atoms with Crippen LogP contribution < -0.4 is 10.5 Å². The van der Waals surface area contributed by atoms with Crippen molar-refractivity contribution in [2.45, 2.75) is 13.5 Å². The average Bonchev–Trinajstić information content (AvgIpc) is 3.06. The lowest BCUT2D eigenvalue weighted by Crippen LogP contribution is -1.97. The number of aromatic nitrogens is 2. The van der Waals surface area contributed by atoms with Crippen molar-refractivity contribution in [1.29, 1.82) is 0 Å². The fourth-order valence-electron chi connectivity index (χ4n) is 1.69. The molecule has 102 valence electrons. The molecule has 0 radical (unpaired) electrons. The highest BCUT2D eigenvalue weighted by Gasteiger charge is 2.15. The molecule has 0 spiro atoms. The Labute approximate surface area is 120 Å². The van der Waals surface area contributed by atoms with Crippen molar-refractivity contribution in [1.82, 2.24) is 10.1 Å². The molecule has 1 aromatic carbocycles. The highest BCUT2D eigenvalue weighted by atomic mass is 32.1. The molecule has 0 unspecified atom stereocenters. The lowest BCUT2D eigenvalue weighted by molar-refractivity contribution is 0.287. The summed E-state index contributed by atoms with van der Waals surface area (Å²) in [7, 11) is 0. The van der Waals surface area contributed by atoms with E-state index in [2.05, 4.69) is 10.1 Å². The standard InChI is InChI=1S/C14H13N3O2S/c1-9-8-20-13(12(9)15)14-16-11(17-19-14)7-18-10-5-3-2-4-6-10/h2-6,8H,7,15H2,1H3. The van der Waals surface area contributed by atoms with Crippen LogP contribution in [0.1, 0.15) is 11.4 Å². The van der Waals surface area contributed by atoms with Gasteiger partial charge in [0.1, 0.15) is 10.6 Å². The van der Waals surface area contributed by atoms with Gasteiger partial charge in [-0.1, -0.05) is 23.4 Å². The number of ether oxygens (including phenoxy) is 1. The Morgan fingerprint density at radius 1 is 1.30 bits per heavy atom. The zero-order chi connectivity index (χ0) is 13.9. The Morgan fingerprint density at radius 3 is 2.80 bits per heavy atom. The minimum Gasteiger partial charge on any atom is -0.485 e. The fraction of sp³-hybridized carbons (Fsp3) is 0.143. The topological polar surface area (TPSA) is 74.2 Å². The maximum Gasteiger partial charge on any atom is 0.270 e. The first-order valence-electron chi connectivity index (χ1n) is 6.08. The second-order valence-corrected chi connectivity index (χ2v) is 5.16. The van der Waals surface area contributed by atoms with Gasteiger partial charge in [-0.3, -0.25) is 0 Å². The third kappa shape index (κ3) is 2.50. The Balaban J connectivity index is 1.73. The molecule has 0 amide bonds. The quantitative estimate of drug-likeness (QED) is 0.797. The normalized spacial score (nSPS) is 10.7. The van der Waals surface area contributed by atoms with Gasteiger partial charge in [0.15, 0.2) is 6.61 Å². The molecule has 0 aliphatic rings. The van der Waals surface area contributed by atoms with Crippen molar-refractivity contribution in [2.24, 2.45) is 0 Å². The first-order chi connectivity index (χ1) is 9.74. The summed E-state index contributed by atoms with van der Waals surface area (Å²) < 4.78 is 10.8. The molecule has 20 heavy (non-hydrogen) atoms. The highest BCUT2D eigenvalue weighted by molar-refractivity contribution is 7.14. The maximum atomic E-state index is 5.96. The number of nitrogens with zero attached hydrogens (tertiary/aromatic N) is 2. The van der Waals surface area contributed by atoms with E-state index in [0.717, 1.165) is 16.2 Å². The average molecular weight is 287 g/mol. The van der Waals surface area contributed by atoms with Gasteiger partial charge in [0, 0.05) is 0 Å². The van der Waals surface area contributed by atoms with Crippen LogP contribution in [0.3, 0.4) is 0 Å². The van der Waals surface area contributed by atoms with Crippen molar-refractivity contribution >= 4 is 17.0 Å². The van der Waals surface area contributed by atoms with E-state index in [1.165, 1.54) is 11.3 Å². The van der Waals surface area contributed by atoms with Gasteiger partial charge >= 0.3 is 0 Å². The van der Waals surface area contributed by atoms with Crippen LogP contribution in [0.25, 0.3) is 10.8 Å². The number of rotatable bonds is 4. The van der Waals surface area contributed by atoms with Crippen LogP contribution in [0.15, 0.2) is 40.2 Å². The summed E-state index contributed by atoms with van der Waals surface area (Å²) in [5.74, 6) is 1.70. The predicted octanol–water partition coefficient (Wildman–Crippen LogP) is 3.27. The lowest BCUT2D eigenvalue weighted by Gasteiger charge is -2.01. The van der Waals surface area contributed by atoms with Gasteiger partial charge in [-0.2, -0.15) is 4.98 Å². The highest BCUT2D eigenvalue weighted by Crippen LogP contribution is 2.33. The van der Waals surface area contributed by atoms with Gasteiger partial charge < -0.3 is 15.0 Å². The van der Waals surface area contributed by atoms with Crippen LogP contribution in [0, 0.1) is 6.92 Å². The van der Waals surface area contributed by atoms with Crippen LogP contribution in [0.4, 0.5) is 5.69 Å². The van der Waals surface area contributed by atoms with E-state index in [0.29, 0.717) is 17.4 Å². The largest absolute Gasteiger partial charge is 0.485 e. The molecule has 2 heterocycles. The predicted molar refractivity (Wildman–Crippen MR) is 77.5 cm³/mol. The summed E-state index contributed by atoms with van der Waals surface area (Å²) in [6.45, 7) is 2.21. The molecule has 0 bridgehead atoms. The number of thiophene rings is 1. The van der Waals surface area contributed by atoms with E-state index in [1.54, 1.807) is 0 Å². The van der Waals surface area contributed by atoms with E-state index in [-0.39, 0.29) is 6.61 Å². The van der Waals surface area contributed by atoms with Crippen LogP contribution in [-0.4, -0.2) is 10.1 Å². The number of anilines is 1. The summed E-state index contributed by atoms with van der Waals surface area (Å²) in [5.41, 5.74) is 7.67. The number of nitrogen functional groups attached to an aromatic ring is 1. The smallest absolute Gasteiger partial charge is 0.270 e. The van der Waals surface area contributed by atoms with Crippen molar-refractivity contribution in [3.05, 3.63) is 47.1 Å². The second-order valence-electron chi connectivity index (χ2n) is 4.28. The third-order valence-electron chi connectivity index (χ3n) is 2.80. The summed E-state index contributed by atoms with van der Waals surface area (Å²) in [5, 5.41) is 5.87. The number of aryl methyl sites for hydroxylation is 1. The van der Waals surface area contributed by atoms with E-state index in [1.807, 2.05) is 42.6 Å². The molecule has 0 saturated heterocycles. The van der Waals surface area contributed by atoms with Gasteiger partial charge in [-0.05, 0) is 30.0 Å². The molecular weight excluding hydrogens is 274 g/mol.